The summed E-state index contributed by atoms with van der Waals surface area (Å²) < 4.78 is 0. The highest BCUT2D eigenvalue weighted by molar-refractivity contribution is 5.76. The first-order valence-electron chi connectivity index (χ1n) is 10.0. The second kappa shape index (κ2) is 8.81. The molecule has 2 aliphatic heterocycles. The number of rotatable bonds is 8. The average molecular weight is 344 g/mol. The number of benzene rings is 1. The van der Waals surface area contributed by atoms with Gasteiger partial charge in [0.25, 0.3) is 0 Å². The van der Waals surface area contributed by atoms with Crippen LogP contribution in [0.5, 0.6) is 0 Å². The summed E-state index contributed by atoms with van der Waals surface area (Å²) in [6.45, 7) is 7.05. The van der Waals surface area contributed by atoms with Crippen molar-refractivity contribution >= 4 is 5.91 Å². The maximum absolute atomic E-state index is 12.5. The predicted molar refractivity (Wildman–Crippen MR) is 102 cm³/mol. The van der Waals surface area contributed by atoms with Gasteiger partial charge in [0.05, 0.1) is 6.04 Å². The van der Waals surface area contributed by atoms with Gasteiger partial charge in [-0.1, -0.05) is 44.2 Å². The average Bonchev–Trinajstić information content (AvgIpc) is 2.97. The summed E-state index contributed by atoms with van der Waals surface area (Å²) in [7, 11) is 0. The molecule has 1 amide bonds. The van der Waals surface area contributed by atoms with Gasteiger partial charge < -0.3 is 10.6 Å². The Hall–Kier alpha value is -1.39. The Balaban J connectivity index is 1.54. The summed E-state index contributed by atoms with van der Waals surface area (Å²) in [4.78, 5) is 14.9. The molecule has 0 spiro atoms. The third kappa shape index (κ3) is 4.83. The highest BCUT2D eigenvalue weighted by Gasteiger charge is 2.34. The van der Waals surface area contributed by atoms with Crippen LogP contribution in [0.25, 0.3) is 0 Å². The number of carbonyl (C=O) groups excluding carboxylic acids is 1. The Kier molecular flexibility index (Phi) is 6.49. The molecule has 138 valence electrons. The monoisotopic (exact) mass is 343 g/mol. The number of nitrogens with one attached hydrogen (secondary N) is 2. The molecule has 3 unspecified atom stereocenters. The van der Waals surface area contributed by atoms with Gasteiger partial charge in [0.1, 0.15) is 0 Å². The molecule has 0 radical (unpaired) electrons. The Morgan fingerprint density at radius 3 is 2.40 bits per heavy atom. The summed E-state index contributed by atoms with van der Waals surface area (Å²) in [5.41, 5.74) is 1.28. The third-order valence-corrected chi connectivity index (χ3v) is 5.97. The fraction of sp³-hybridized carbons (Fsp3) is 0.667. The molecule has 1 aromatic carbocycles. The van der Waals surface area contributed by atoms with Crippen LogP contribution in [0, 0.1) is 5.92 Å². The molecule has 25 heavy (non-hydrogen) atoms. The summed E-state index contributed by atoms with van der Waals surface area (Å²) in [5.74, 6) is 0.779. The van der Waals surface area contributed by atoms with Crippen LogP contribution in [0.3, 0.4) is 0 Å². The molecule has 4 heteroatoms. The van der Waals surface area contributed by atoms with Gasteiger partial charge >= 0.3 is 0 Å². The van der Waals surface area contributed by atoms with Crippen LogP contribution in [0.1, 0.15) is 57.6 Å². The Bertz CT molecular complexity index is 531. The van der Waals surface area contributed by atoms with Gasteiger partial charge in [0.15, 0.2) is 0 Å². The third-order valence-electron chi connectivity index (χ3n) is 5.97. The van der Waals surface area contributed by atoms with Crippen molar-refractivity contribution in [2.45, 2.75) is 64.1 Å². The van der Waals surface area contributed by atoms with Crippen LogP contribution >= 0.6 is 0 Å². The molecule has 0 saturated carbocycles. The predicted octanol–water partition coefficient (Wildman–Crippen LogP) is 3.11. The number of fused-ring (bicyclic) bond motifs is 2. The molecular formula is C21H33N3O. The molecule has 1 aromatic rings. The molecule has 0 aliphatic carbocycles. The quantitative estimate of drug-likeness (QED) is 0.762. The molecule has 3 rings (SSSR count). The number of hydrogen-bond donors (Lipinski definition) is 2. The SMILES string of the molecule is CCN(CC)C(CNC(=O)CC1CC2CCC(C1)N2)c1ccccc1. The maximum atomic E-state index is 12.5. The van der Waals surface area contributed by atoms with Crippen molar-refractivity contribution in [1.82, 2.24) is 15.5 Å². The van der Waals surface area contributed by atoms with Crippen LogP contribution in [0.15, 0.2) is 30.3 Å². The first-order valence-corrected chi connectivity index (χ1v) is 10.0. The zero-order chi connectivity index (χ0) is 17.6. The van der Waals surface area contributed by atoms with Gasteiger partial charge in [-0.2, -0.15) is 0 Å². The molecule has 4 nitrogen and oxygen atoms in total. The van der Waals surface area contributed by atoms with Crippen molar-refractivity contribution in [3.8, 4) is 0 Å². The van der Waals surface area contributed by atoms with E-state index >= 15 is 0 Å². The highest BCUT2D eigenvalue weighted by atomic mass is 16.1. The normalized spacial score (nSPS) is 26.6. The minimum atomic E-state index is 0.222. The van der Waals surface area contributed by atoms with E-state index in [1.165, 1.54) is 31.2 Å². The number of amides is 1. The summed E-state index contributed by atoms with van der Waals surface area (Å²) in [6, 6.07) is 12.1. The number of likely N-dealkylation sites (N-methyl/N-ethyl adjacent to an activating group) is 1. The van der Waals surface area contributed by atoms with Crippen molar-refractivity contribution in [2.75, 3.05) is 19.6 Å². The molecule has 3 atom stereocenters. The number of piperidine rings is 1. The van der Waals surface area contributed by atoms with Crippen LogP contribution in [0.2, 0.25) is 0 Å². The zero-order valence-electron chi connectivity index (χ0n) is 15.7. The van der Waals surface area contributed by atoms with Crippen molar-refractivity contribution in [3.63, 3.8) is 0 Å². The summed E-state index contributed by atoms with van der Waals surface area (Å²) >= 11 is 0. The van der Waals surface area contributed by atoms with E-state index in [1.54, 1.807) is 0 Å². The smallest absolute Gasteiger partial charge is 0.220 e. The molecule has 0 aromatic heterocycles. The van der Waals surface area contributed by atoms with Gasteiger partial charge in [-0.25, -0.2) is 0 Å². The van der Waals surface area contributed by atoms with E-state index < -0.39 is 0 Å². The Morgan fingerprint density at radius 2 is 1.80 bits per heavy atom. The van der Waals surface area contributed by atoms with E-state index in [4.69, 9.17) is 0 Å². The van der Waals surface area contributed by atoms with Crippen molar-refractivity contribution in [2.24, 2.45) is 5.92 Å². The van der Waals surface area contributed by atoms with Crippen molar-refractivity contribution in [1.29, 1.82) is 0 Å². The van der Waals surface area contributed by atoms with Gasteiger partial charge in [0.2, 0.25) is 5.91 Å². The van der Waals surface area contributed by atoms with E-state index in [2.05, 4.69) is 53.6 Å². The molecule has 2 bridgehead atoms. The largest absolute Gasteiger partial charge is 0.354 e. The second-order valence-corrected chi connectivity index (χ2v) is 7.63. The fourth-order valence-electron chi connectivity index (χ4n) is 4.68. The van der Waals surface area contributed by atoms with Gasteiger partial charge in [-0.15, -0.1) is 0 Å². The van der Waals surface area contributed by atoms with Crippen LogP contribution < -0.4 is 10.6 Å². The van der Waals surface area contributed by atoms with E-state index in [0.29, 0.717) is 31.0 Å². The molecular weight excluding hydrogens is 310 g/mol. The lowest BCUT2D eigenvalue weighted by atomic mass is 9.89. The number of nitrogens with zero attached hydrogens (tertiary/aromatic N) is 1. The maximum Gasteiger partial charge on any atom is 0.220 e. The summed E-state index contributed by atoms with van der Waals surface area (Å²) in [5, 5.41) is 6.88. The molecule has 2 fully saturated rings. The molecule has 2 saturated heterocycles. The van der Waals surface area contributed by atoms with Gasteiger partial charge in [-0.05, 0) is 50.3 Å². The van der Waals surface area contributed by atoms with Crippen LogP contribution in [-0.2, 0) is 4.79 Å². The Morgan fingerprint density at radius 1 is 1.16 bits per heavy atom. The van der Waals surface area contributed by atoms with Crippen LogP contribution in [0.4, 0.5) is 0 Å². The minimum Gasteiger partial charge on any atom is -0.354 e. The van der Waals surface area contributed by atoms with Crippen LogP contribution in [-0.4, -0.2) is 42.5 Å². The number of hydrogen-bond acceptors (Lipinski definition) is 3. The van der Waals surface area contributed by atoms with Crippen molar-refractivity contribution in [3.05, 3.63) is 35.9 Å². The van der Waals surface area contributed by atoms with E-state index in [-0.39, 0.29) is 11.9 Å². The standard InChI is InChI=1S/C21H33N3O/c1-3-24(4-2)20(17-8-6-5-7-9-17)15-22-21(25)14-16-12-18-10-11-19(13-16)23-18/h5-9,16,18-20,23H,3-4,10-15H2,1-2H3,(H,22,25). The van der Waals surface area contributed by atoms with Crippen molar-refractivity contribution < 1.29 is 4.79 Å². The van der Waals surface area contributed by atoms with Gasteiger partial charge in [0, 0.05) is 25.0 Å². The topological polar surface area (TPSA) is 44.4 Å². The zero-order valence-corrected chi connectivity index (χ0v) is 15.7. The minimum absolute atomic E-state index is 0.222. The van der Waals surface area contributed by atoms with E-state index in [1.807, 2.05) is 6.07 Å². The molecule has 2 N–H and O–H groups in total. The second-order valence-electron chi connectivity index (χ2n) is 7.63. The van der Waals surface area contributed by atoms with E-state index in [9.17, 15) is 4.79 Å². The first-order chi connectivity index (χ1) is 12.2. The van der Waals surface area contributed by atoms with E-state index in [0.717, 1.165) is 13.1 Å². The Labute approximate surface area is 152 Å². The molecule has 2 aliphatic rings. The van der Waals surface area contributed by atoms with Gasteiger partial charge in [-0.3, -0.25) is 9.69 Å². The molecule has 2 heterocycles. The lowest BCUT2D eigenvalue weighted by Gasteiger charge is -2.31. The lowest BCUT2D eigenvalue weighted by Crippen LogP contribution is -2.41. The lowest BCUT2D eigenvalue weighted by molar-refractivity contribution is -0.122. The highest BCUT2D eigenvalue weighted by Crippen LogP contribution is 2.32. The summed E-state index contributed by atoms with van der Waals surface area (Å²) in [6.07, 6.45) is 5.61. The first kappa shape index (κ1) is 18.4. The fourth-order valence-corrected chi connectivity index (χ4v) is 4.68. The number of carbonyl (C=O) groups is 1.